The number of carbonyl (C=O) groups excluding carboxylic acids is 1. The Labute approximate surface area is 118 Å². The quantitative estimate of drug-likeness (QED) is 0.869. The van der Waals surface area contributed by atoms with E-state index >= 15 is 0 Å². The van der Waals surface area contributed by atoms with Crippen LogP contribution in [0, 0.1) is 0 Å². The van der Waals surface area contributed by atoms with Crippen molar-refractivity contribution in [3.05, 3.63) is 29.8 Å². The number of carbonyl (C=O) groups is 2. The van der Waals surface area contributed by atoms with Crippen LogP contribution in [-0.4, -0.2) is 40.2 Å². The molecule has 20 heavy (non-hydrogen) atoms. The van der Waals surface area contributed by atoms with Gasteiger partial charge in [0.25, 0.3) is 11.7 Å². The fraction of sp³-hybridized carbons (Fsp3) is 0.385. The molecule has 108 valence electrons. The Balaban J connectivity index is 2.27. The Morgan fingerprint density at radius 2 is 2.05 bits per heavy atom. The standard InChI is InChI=1S/C13H13F2NO3S/c14-13(15)20-10-6-2-1-4-8(10)11(17)16-7-3-5-9(16)12(18)19/h1-2,4,6,9,13H,3,5,7H2,(H,18,19). The first-order chi connectivity index (χ1) is 9.50. The number of aliphatic carboxylic acids is 1. The van der Waals surface area contributed by atoms with Crippen LogP contribution in [0.25, 0.3) is 0 Å². The fourth-order valence-corrected chi connectivity index (χ4v) is 2.89. The van der Waals surface area contributed by atoms with Gasteiger partial charge in [-0.15, -0.1) is 0 Å². The van der Waals surface area contributed by atoms with Crippen LogP contribution in [-0.2, 0) is 4.79 Å². The fourth-order valence-electron chi connectivity index (χ4n) is 2.26. The summed E-state index contributed by atoms with van der Waals surface area (Å²) in [5, 5.41) is 9.08. The number of benzene rings is 1. The summed E-state index contributed by atoms with van der Waals surface area (Å²) in [5.41, 5.74) is 0.131. The summed E-state index contributed by atoms with van der Waals surface area (Å²) >= 11 is 0.294. The van der Waals surface area contributed by atoms with Gasteiger partial charge in [-0.3, -0.25) is 4.79 Å². The number of likely N-dealkylation sites (tertiary alicyclic amines) is 1. The second-order valence-corrected chi connectivity index (χ2v) is 5.40. The van der Waals surface area contributed by atoms with Crippen molar-refractivity contribution < 1.29 is 23.5 Å². The molecule has 1 amide bonds. The Morgan fingerprint density at radius 1 is 1.35 bits per heavy atom. The maximum Gasteiger partial charge on any atom is 0.326 e. The van der Waals surface area contributed by atoms with Crippen LogP contribution in [0.2, 0.25) is 0 Å². The summed E-state index contributed by atoms with van der Waals surface area (Å²) in [6, 6.07) is 5.17. The number of carboxylic acids is 1. The number of hydrogen-bond donors (Lipinski definition) is 1. The first kappa shape index (κ1) is 14.8. The number of carboxylic acid groups (broad SMARTS) is 1. The van der Waals surface area contributed by atoms with Gasteiger partial charge in [-0.1, -0.05) is 23.9 Å². The molecule has 7 heteroatoms. The lowest BCUT2D eigenvalue weighted by atomic mass is 10.1. The number of hydrogen-bond acceptors (Lipinski definition) is 3. The molecule has 0 spiro atoms. The number of halogens is 2. The van der Waals surface area contributed by atoms with Gasteiger partial charge in [0.15, 0.2) is 0 Å². The monoisotopic (exact) mass is 301 g/mol. The van der Waals surface area contributed by atoms with E-state index in [1.165, 1.54) is 17.0 Å². The van der Waals surface area contributed by atoms with E-state index < -0.39 is 23.7 Å². The van der Waals surface area contributed by atoms with Crippen molar-refractivity contribution in [2.24, 2.45) is 0 Å². The molecule has 1 aliphatic heterocycles. The van der Waals surface area contributed by atoms with Gasteiger partial charge in [-0.2, -0.15) is 8.78 Å². The van der Waals surface area contributed by atoms with Crippen LogP contribution in [0.1, 0.15) is 23.2 Å². The molecule has 1 heterocycles. The number of alkyl halides is 2. The minimum Gasteiger partial charge on any atom is -0.480 e. The van der Waals surface area contributed by atoms with Gasteiger partial charge in [0.2, 0.25) is 0 Å². The first-order valence-electron chi connectivity index (χ1n) is 6.08. The Bertz CT molecular complexity index is 524. The summed E-state index contributed by atoms with van der Waals surface area (Å²) in [4.78, 5) is 24.9. The Kier molecular flexibility index (Phi) is 4.59. The van der Waals surface area contributed by atoms with Crippen molar-refractivity contribution in [3.8, 4) is 0 Å². The molecule has 1 N–H and O–H groups in total. The third kappa shape index (κ3) is 3.09. The molecule has 0 aromatic heterocycles. The lowest BCUT2D eigenvalue weighted by Gasteiger charge is -2.22. The summed E-state index contributed by atoms with van der Waals surface area (Å²) in [6.45, 7) is 0.337. The van der Waals surface area contributed by atoms with Crippen molar-refractivity contribution in [1.82, 2.24) is 4.90 Å². The molecule has 2 rings (SSSR count). The molecular weight excluding hydrogens is 288 g/mol. The van der Waals surface area contributed by atoms with Gasteiger partial charge in [-0.25, -0.2) is 4.79 Å². The third-order valence-corrected chi connectivity index (χ3v) is 3.92. The van der Waals surface area contributed by atoms with Gasteiger partial charge in [0, 0.05) is 11.4 Å². The van der Waals surface area contributed by atoms with Crippen LogP contribution in [0.3, 0.4) is 0 Å². The zero-order chi connectivity index (χ0) is 14.7. The summed E-state index contributed by atoms with van der Waals surface area (Å²) < 4.78 is 25.0. The zero-order valence-electron chi connectivity index (χ0n) is 10.5. The highest BCUT2D eigenvalue weighted by atomic mass is 32.2. The van der Waals surface area contributed by atoms with Gasteiger partial charge < -0.3 is 10.0 Å². The van der Waals surface area contributed by atoms with E-state index in [2.05, 4.69) is 0 Å². The number of nitrogens with zero attached hydrogens (tertiary/aromatic N) is 1. The molecule has 0 aliphatic carbocycles. The predicted octanol–water partition coefficient (Wildman–Crippen LogP) is 2.69. The van der Waals surface area contributed by atoms with Gasteiger partial charge in [0.1, 0.15) is 6.04 Å². The first-order valence-corrected chi connectivity index (χ1v) is 6.96. The molecular formula is C13H13F2NO3S. The molecule has 1 aliphatic rings. The van der Waals surface area contributed by atoms with Gasteiger partial charge >= 0.3 is 5.97 Å². The maximum absolute atomic E-state index is 12.5. The van der Waals surface area contributed by atoms with E-state index in [1.807, 2.05) is 0 Å². The third-order valence-electron chi connectivity index (χ3n) is 3.13. The molecule has 1 aromatic carbocycles. The molecule has 1 unspecified atom stereocenters. The molecule has 4 nitrogen and oxygen atoms in total. The normalized spacial score (nSPS) is 18.6. The second kappa shape index (κ2) is 6.21. The van der Waals surface area contributed by atoms with Crippen LogP contribution >= 0.6 is 11.8 Å². The SMILES string of the molecule is O=C(O)C1CCCN1C(=O)c1ccccc1SC(F)F. The highest BCUT2D eigenvalue weighted by Crippen LogP contribution is 2.30. The van der Waals surface area contributed by atoms with Crippen LogP contribution in [0.5, 0.6) is 0 Å². The van der Waals surface area contributed by atoms with E-state index in [0.29, 0.717) is 31.1 Å². The summed E-state index contributed by atoms with van der Waals surface area (Å²) in [5.74, 6) is -4.19. The highest BCUT2D eigenvalue weighted by molar-refractivity contribution is 7.99. The van der Waals surface area contributed by atoms with E-state index in [-0.39, 0.29) is 10.5 Å². The lowest BCUT2D eigenvalue weighted by molar-refractivity contribution is -0.141. The average Bonchev–Trinajstić information content (AvgIpc) is 2.87. The van der Waals surface area contributed by atoms with E-state index in [1.54, 1.807) is 12.1 Å². The number of rotatable bonds is 4. The zero-order valence-corrected chi connectivity index (χ0v) is 11.3. The Hall–Kier alpha value is -1.63. The van der Waals surface area contributed by atoms with Gasteiger partial charge in [-0.05, 0) is 25.0 Å². The largest absolute Gasteiger partial charge is 0.480 e. The molecule has 0 bridgehead atoms. The number of thioether (sulfide) groups is 1. The predicted molar refractivity (Wildman–Crippen MR) is 70.0 cm³/mol. The van der Waals surface area contributed by atoms with Crippen LogP contribution < -0.4 is 0 Å². The van der Waals surface area contributed by atoms with E-state index in [0.717, 1.165) is 0 Å². The lowest BCUT2D eigenvalue weighted by Crippen LogP contribution is -2.40. The number of amides is 1. The summed E-state index contributed by atoms with van der Waals surface area (Å²) in [7, 11) is 0. The minimum atomic E-state index is -2.63. The Morgan fingerprint density at radius 3 is 2.70 bits per heavy atom. The molecule has 1 aromatic rings. The molecule has 0 saturated carbocycles. The molecule has 1 fully saturated rings. The van der Waals surface area contributed by atoms with Crippen LogP contribution in [0.15, 0.2) is 29.2 Å². The van der Waals surface area contributed by atoms with Crippen molar-refractivity contribution in [2.75, 3.05) is 6.54 Å². The van der Waals surface area contributed by atoms with E-state index in [9.17, 15) is 18.4 Å². The topological polar surface area (TPSA) is 57.6 Å². The van der Waals surface area contributed by atoms with Crippen LogP contribution in [0.4, 0.5) is 8.78 Å². The molecule has 0 radical (unpaired) electrons. The van der Waals surface area contributed by atoms with E-state index in [4.69, 9.17) is 5.11 Å². The highest BCUT2D eigenvalue weighted by Gasteiger charge is 2.35. The van der Waals surface area contributed by atoms with Gasteiger partial charge in [0.05, 0.1) is 5.56 Å². The van der Waals surface area contributed by atoms with Crippen molar-refractivity contribution in [2.45, 2.75) is 29.5 Å². The average molecular weight is 301 g/mol. The molecule has 1 saturated heterocycles. The van der Waals surface area contributed by atoms with Crippen molar-refractivity contribution in [1.29, 1.82) is 0 Å². The smallest absolute Gasteiger partial charge is 0.326 e. The van der Waals surface area contributed by atoms with Crippen molar-refractivity contribution in [3.63, 3.8) is 0 Å². The maximum atomic E-state index is 12.5. The van der Waals surface area contributed by atoms with Crippen molar-refractivity contribution >= 4 is 23.6 Å². The summed E-state index contributed by atoms with van der Waals surface area (Å²) in [6.07, 6.45) is 0.998. The minimum absolute atomic E-state index is 0.131. The second-order valence-electron chi connectivity index (χ2n) is 4.37. The molecule has 1 atom stereocenters.